The Morgan fingerprint density at radius 2 is 1.87 bits per heavy atom. The van der Waals surface area contributed by atoms with E-state index in [4.69, 9.17) is 9.73 Å². The van der Waals surface area contributed by atoms with Crippen molar-refractivity contribution in [1.82, 2.24) is 4.90 Å². The third kappa shape index (κ3) is 4.62. The standard InChI is InChI=1S/C21H23FN4O3S/c1-29-19-8-7-16(13-17(19)22)23-21-24-18(15-5-3-2-4-6-15)14-20(25-21)26-9-11-30(27,28)12-10-26/h2-8,13,18H,9-12,14H2,1H3,(H,23,24). The molecule has 0 aliphatic carbocycles. The van der Waals surface area contributed by atoms with Crippen molar-refractivity contribution in [2.75, 3.05) is 37.0 Å². The highest BCUT2D eigenvalue weighted by molar-refractivity contribution is 7.91. The molecule has 0 amide bonds. The molecule has 158 valence electrons. The number of ether oxygens (including phenoxy) is 1. The second-order valence-corrected chi connectivity index (χ2v) is 9.53. The number of amidine groups is 1. The zero-order valence-corrected chi connectivity index (χ0v) is 17.4. The number of nitrogens with zero attached hydrogens (tertiary/aromatic N) is 3. The summed E-state index contributed by atoms with van der Waals surface area (Å²) in [6.07, 6.45) is 0.576. The van der Waals surface area contributed by atoms with E-state index in [0.717, 1.165) is 11.4 Å². The van der Waals surface area contributed by atoms with Crippen LogP contribution in [0.25, 0.3) is 0 Å². The lowest BCUT2D eigenvalue weighted by atomic mass is 10.0. The summed E-state index contributed by atoms with van der Waals surface area (Å²) >= 11 is 0. The van der Waals surface area contributed by atoms with E-state index in [0.29, 0.717) is 31.2 Å². The lowest BCUT2D eigenvalue weighted by molar-refractivity contribution is 0.386. The Labute approximate surface area is 175 Å². The summed E-state index contributed by atoms with van der Waals surface area (Å²) in [7, 11) is -1.58. The molecule has 0 saturated carbocycles. The van der Waals surface area contributed by atoms with E-state index in [-0.39, 0.29) is 23.3 Å². The van der Waals surface area contributed by atoms with E-state index in [1.54, 1.807) is 6.07 Å². The van der Waals surface area contributed by atoms with Crippen LogP contribution in [0, 0.1) is 5.82 Å². The number of aliphatic imine (C=N–C) groups is 2. The van der Waals surface area contributed by atoms with Crippen LogP contribution in [0.3, 0.4) is 0 Å². The number of methoxy groups -OCH3 is 1. The largest absolute Gasteiger partial charge is 0.494 e. The molecule has 1 unspecified atom stereocenters. The van der Waals surface area contributed by atoms with Crippen molar-refractivity contribution in [2.24, 2.45) is 9.98 Å². The Balaban J connectivity index is 1.62. The molecule has 2 aromatic rings. The van der Waals surface area contributed by atoms with Gasteiger partial charge in [-0.3, -0.25) is 0 Å². The smallest absolute Gasteiger partial charge is 0.224 e. The van der Waals surface area contributed by atoms with Gasteiger partial charge in [-0.2, -0.15) is 0 Å². The molecule has 0 spiro atoms. The Hall–Kier alpha value is -2.94. The maximum atomic E-state index is 14.1. The average molecular weight is 431 g/mol. The van der Waals surface area contributed by atoms with Crippen molar-refractivity contribution in [1.29, 1.82) is 0 Å². The van der Waals surface area contributed by atoms with Crippen molar-refractivity contribution in [2.45, 2.75) is 12.5 Å². The van der Waals surface area contributed by atoms with E-state index in [9.17, 15) is 12.8 Å². The van der Waals surface area contributed by atoms with E-state index < -0.39 is 15.7 Å². The first-order chi connectivity index (χ1) is 14.4. The summed E-state index contributed by atoms with van der Waals surface area (Å²) in [6, 6.07) is 14.3. The van der Waals surface area contributed by atoms with Gasteiger partial charge in [0.15, 0.2) is 21.4 Å². The topological polar surface area (TPSA) is 83.4 Å². The first kappa shape index (κ1) is 20.3. The lowest BCUT2D eigenvalue weighted by Crippen LogP contribution is -2.45. The number of benzene rings is 2. The number of halogens is 1. The molecule has 1 atom stereocenters. The second kappa shape index (κ2) is 8.43. The Bertz CT molecular complexity index is 1070. The van der Waals surface area contributed by atoms with Crippen molar-refractivity contribution in [3.05, 3.63) is 59.9 Å². The van der Waals surface area contributed by atoms with Gasteiger partial charge in [-0.1, -0.05) is 30.3 Å². The minimum Gasteiger partial charge on any atom is -0.494 e. The van der Waals surface area contributed by atoms with Crippen LogP contribution in [0.4, 0.5) is 10.1 Å². The summed E-state index contributed by atoms with van der Waals surface area (Å²) < 4.78 is 42.7. The molecule has 2 aliphatic heterocycles. The number of anilines is 1. The van der Waals surface area contributed by atoms with E-state index in [1.165, 1.54) is 19.2 Å². The van der Waals surface area contributed by atoms with Gasteiger partial charge in [0, 0.05) is 31.3 Å². The van der Waals surface area contributed by atoms with Crippen molar-refractivity contribution in [3.63, 3.8) is 0 Å². The third-order valence-electron chi connectivity index (χ3n) is 5.19. The van der Waals surface area contributed by atoms with Gasteiger partial charge in [-0.15, -0.1) is 0 Å². The monoisotopic (exact) mass is 430 g/mol. The van der Waals surface area contributed by atoms with E-state index in [1.807, 2.05) is 35.2 Å². The fraction of sp³-hybridized carbons (Fsp3) is 0.333. The molecule has 0 aromatic heterocycles. The summed E-state index contributed by atoms with van der Waals surface area (Å²) in [4.78, 5) is 11.3. The van der Waals surface area contributed by atoms with Crippen LogP contribution in [0.15, 0.2) is 58.5 Å². The second-order valence-electron chi connectivity index (χ2n) is 7.22. The number of sulfone groups is 1. The molecule has 9 heteroatoms. The number of hydrogen-bond donors (Lipinski definition) is 1. The van der Waals surface area contributed by atoms with Gasteiger partial charge < -0.3 is 15.0 Å². The normalized spacial score (nSPS) is 20.9. The Morgan fingerprint density at radius 1 is 1.13 bits per heavy atom. The quantitative estimate of drug-likeness (QED) is 0.810. The first-order valence-electron chi connectivity index (χ1n) is 9.70. The number of guanidine groups is 1. The molecule has 2 aromatic carbocycles. The van der Waals surface area contributed by atoms with Crippen molar-refractivity contribution < 1.29 is 17.5 Å². The molecule has 0 radical (unpaired) electrons. The van der Waals surface area contributed by atoms with Gasteiger partial charge in [0.05, 0.1) is 24.7 Å². The van der Waals surface area contributed by atoms with Crippen LogP contribution >= 0.6 is 0 Å². The predicted octanol–water partition coefficient (Wildman–Crippen LogP) is 2.88. The summed E-state index contributed by atoms with van der Waals surface area (Å²) in [5, 5.41) is 3.08. The first-order valence-corrected chi connectivity index (χ1v) is 11.5. The molecule has 0 bridgehead atoms. The lowest BCUT2D eigenvalue weighted by Gasteiger charge is -2.33. The molecule has 1 saturated heterocycles. The summed E-state index contributed by atoms with van der Waals surface area (Å²) in [5.74, 6) is 1.06. The van der Waals surface area contributed by atoms with Crippen molar-refractivity contribution in [3.8, 4) is 5.75 Å². The van der Waals surface area contributed by atoms with E-state index >= 15 is 0 Å². The molecule has 1 N–H and O–H groups in total. The highest BCUT2D eigenvalue weighted by Crippen LogP contribution is 2.28. The summed E-state index contributed by atoms with van der Waals surface area (Å²) in [5.41, 5.74) is 1.54. The summed E-state index contributed by atoms with van der Waals surface area (Å²) in [6.45, 7) is 0.820. The zero-order valence-electron chi connectivity index (χ0n) is 16.6. The highest BCUT2D eigenvalue weighted by atomic mass is 32.2. The molecule has 7 nitrogen and oxygen atoms in total. The number of nitrogens with one attached hydrogen (secondary N) is 1. The minimum absolute atomic E-state index is 0.117. The SMILES string of the molecule is COc1ccc(NC2=NC(c3ccccc3)CC(N3CCS(=O)(=O)CC3)=N2)cc1F. The van der Waals surface area contributed by atoms with Gasteiger partial charge in [0.1, 0.15) is 5.84 Å². The van der Waals surface area contributed by atoms with Gasteiger partial charge in [0.2, 0.25) is 5.96 Å². The average Bonchev–Trinajstić information content (AvgIpc) is 2.74. The molecule has 1 fully saturated rings. The van der Waals surface area contributed by atoms with Crippen LogP contribution in [0.2, 0.25) is 0 Å². The zero-order chi connectivity index (χ0) is 21.1. The number of hydrogen-bond acceptors (Lipinski definition) is 7. The van der Waals surface area contributed by atoms with Crippen LogP contribution in [-0.2, 0) is 9.84 Å². The van der Waals surface area contributed by atoms with Crippen molar-refractivity contribution >= 4 is 27.3 Å². The number of rotatable bonds is 3. The Kier molecular flexibility index (Phi) is 5.72. The van der Waals surface area contributed by atoms with Crippen LogP contribution in [0.5, 0.6) is 5.75 Å². The van der Waals surface area contributed by atoms with Gasteiger partial charge in [-0.25, -0.2) is 22.8 Å². The van der Waals surface area contributed by atoms with Crippen LogP contribution in [0.1, 0.15) is 18.0 Å². The van der Waals surface area contributed by atoms with Gasteiger partial charge >= 0.3 is 0 Å². The highest BCUT2D eigenvalue weighted by Gasteiger charge is 2.28. The predicted molar refractivity (Wildman–Crippen MR) is 115 cm³/mol. The fourth-order valence-electron chi connectivity index (χ4n) is 3.53. The molecule has 4 rings (SSSR count). The maximum absolute atomic E-state index is 14.1. The Morgan fingerprint density at radius 3 is 2.53 bits per heavy atom. The molecule has 2 heterocycles. The molecule has 2 aliphatic rings. The minimum atomic E-state index is -2.99. The van der Waals surface area contributed by atoms with E-state index in [2.05, 4.69) is 10.3 Å². The van der Waals surface area contributed by atoms with Crippen LogP contribution < -0.4 is 10.1 Å². The van der Waals surface area contributed by atoms with Gasteiger partial charge in [-0.05, 0) is 17.7 Å². The van der Waals surface area contributed by atoms with Gasteiger partial charge in [0.25, 0.3) is 0 Å². The maximum Gasteiger partial charge on any atom is 0.224 e. The van der Waals surface area contributed by atoms with Crippen LogP contribution in [-0.4, -0.2) is 56.8 Å². The molecule has 30 heavy (non-hydrogen) atoms. The molecular formula is C21H23FN4O3S. The third-order valence-corrected chi connectivity index (χ3v) is 6.80. The molecular weight excluding hydrogens is 407 g/mol. The fourth-order valence-corrected chi connectivity index (χ4v) is 4.74.